The quantitative estimate of drug-likeness (QED) is 0.638. The van der Waals surface area contributed by atoms with Gasteiger partial charge >= 0.3 is 5.97 Å². The molecule has 2 aromatic rings. The molecule has 3 unspecified atom stereocenters. The van der Waals surface area contributed by atoms with Crippen LogP contribution < -0.4 is 10.1 Å². The van der Waals surface area contributed by atoms with Crippen LogP contribution in [-0.2, 0) is 14.3 Å². The van der Waals surface area contributed by atoms with Crippen molar-refractivity contribution in [3.63, 3.8) is 0 Å². The number of carbonyl (C=O) groups is 2. The number of carbonyl (C=O) groups excluding carboxylic acids is 2. The summed E-state index contributed by atoms with van der Waals surface area (Å²) in [5.74, 6) is -0.544. The largest absolute Gasteiger partial charge is 0.497 e. The Bertz CT molecular complexity index is 1090. The maximum Gasteiger partial charge on any atom is 0.336 e. The molecule has 6 heteroatoms. The lowest BCUT2D eigenvalue weighted by Gasteiger charge is -2.39. The monoisotopic (exact) mass is 451 g/mol. The van der Waals surface area contributed by atoms with Crippen LogP contribution in [0.1, 0.15) is 43.2 Å². The molecule has 5 nitrogen and oxygen atoms in total. The summed E-state index contributed by atoms with van der Waals surface area (Å²) in [6.07, 6.45) is 2.47. The molecule has 0 radical (unpaired) electrons. The van der Waals surface area contributed by atoms with Crippen molar-refractivity contribution in [2.24, 2.45) is 5.92 Å². The van der Waals surface area contributed by atoms with E-state index < -0.39 is 17.8 Å². The summed E-state index contributed by atoms with van der Waals surface area (Å²) in [5.41, 5.74) is 3.94. The number of halogens is 1. The van der Waals surface area contributed by atoms with E-state index in [1.54, 1.807) is 14.0 Å². The van der Waals surface area contributed by atoms with Gasteiger partial charge < -0.3 is 14.8 Å². The lowest BCUT2D eigenvalue weighted by Crippen LogP contribution is -2.41. The molecule has 0 aromatic heterocycles. The second-order valence-corrected chi connectivity index (χ2v) is 8.50. The number of hydrogen-bond acceptors (Lipinski definition) is 5. The summed E-state index contributed by atoms with van der Waals surface area (Å²) in [5, 5.41) is 4.00. The Morgan fingerprint density at radius 1 is 1.06 bits per heavy atom. The molecule has 0 amide bonds. The van der Waals surface area contributed by atoms with E-state index in [1.807, 2.05) is 55.5 Å². The SMILES string of the molecule is CCOC(=O)C1=C(C)NC2=CC(c3ccc(Cl)cc3)CC(=O)C2C1c1ccc(OC)cc1. The normalized spacial score (nSPS) is 22.6. The fraction of sp³-hybridized carbons (Fsp3) is 0.308. The predicted octanol–water partition coefficient (Wildman–Crippen LogP) is 5.13. The van der Waals surface area contributed by atoms with Crippen LogP contribution in [0.3, 0.4) is 0 Å². The number of allylic oxidation sites excluding steroid dienone is 3. The van der Waals surface area contributed by atoms with Gasteiger partial charge in [-0.25, -0.2) is 4.79 Å². The minimum absolute atomic E-state index is 0.0491. The maximum absolute atomic E-state index is 13.5. The predicted molar refractivity (Wildman–Crippen MR) is 124 cm³/mol. The van der Waals surface area contributed by atoms with Crippen molar-refractivity contribution in [2.75, 3.05) is 13.7 Å². The van der Waals surface area contributed by atoms with Crippen molar-refractivity contribution < 1.29 is 19.1 Å². The van der Waals surface area contributed by atoms with Gasteiger partial charge in [-0.1, -0.05) is 41.9 Å². The first-order valence-corrected chi connectivity index (χ1v) is 11.1. The topological polar surface area (TPSA) is 64.6 Å². The third-order valence-electron chi connectivity index (χ3n) is 6.13. The number of Topliss-reactive ketones (excluding diaryl/α,β-unsaturated/α-hetero) is 1. The van der Waals surface area contributed by atoms with E-state index in [9.17, 15) is 9.59 Å². The van der Waals surface area contributed by atoms with Crippen LogP contribution in [0.2, 0.25) is 5.02 Å². The first-order valence-electron chi connectivity index (χ1n) is 10.7. The lowest BCUT2D eigenvalue weighted by molar-refractivity contribution is -0.139. The summed E-state index contributed by atoms with van der Waals surface area (Å²) in [4.78, 5) is 26.4. The number of ketones is 1. The number of fused-ring (bicyclic) bond motifs is 1. The van der Waals surface area contributed by atoms with Gasteiger partial charge in [-0.05, 0) is 49.2 Å². The number of ether oxygens (including phenoxy) is 2. The molecule has 2 aromatic carbocycles. The molecular formula is C26H26ClNO4. The van der Waals surface area contributed by atoms with Crippen LogP contribution in [0.25, 0.3) is 0 Å². The molecule has 32 heavy (non-hydrogen) atoms. The van der Waals surface area contributed by atoms with Crippen LogP contribution in [0.15, 0.2) is 71.6 Å². The van der Waals surface area contributed by atoms with E-state index in [1.165, 1.54) is 0 Å². The summed E-state index contributed by atoms with van der Waals surface area (Å²) in [7, 11) is 1.61. The number of esters is 1. The first-order chi connectivity index (χ1) is 15.4. The van der Waals surface area contributed by atoms with E-state index in [0.29, 0.717) is 22.7 Å². The Morgan fingerprint density at radius 3 is 2.34 bits per heavy atom. The van der Waals surface area contributed by atoms with Gasteiger partial charge in [-0.3, -0.25) is 4.79 Å². The van der Waals surface area contributed by atoms with Crippen LogP contribution in [-0.4, -0.2) is 25.5 Å². The van der Waals surface area contributed by atoms with Crippen molar-refractivity contribution in [3.8, 4) is 5.75 Å². The fourth-order valence-electron chi connectivity index (χ4n) is 4.65. The molecule has 0 saturated carbocycles. The van der Waals surface area contributed by atoms with Gasteiger partial charge in [-0.2, -0.15) is 0 Å². The molecule has 2 aliphatic rings. The Balaban J connectivity index is 1.80. The zero-order valence-corrected chi connectivity index (χ0v) is 19.1. The fourth-order valence-corrected chi connectivity index (χ4v) is 4.77. The van der Waals surface area contributed by atoms with Crippen molar-refractivity contribution in [2.45, 2.75) is 32.1 Å². The lowest BCUT2D eigenvalue weighted by atomic mass is 9.68. The summed E-state index contributed by atoms with van der Waals surface area (Å²) < 4.78 is 10.6. The molecule has 0 saturated heterocycles. The Labute approximate surface area is 193 Å². The van der Waals surface area contributed by atoms with Gasteiger partial charge in [0.05, 0.1) is 25.2 Å². The highest BCUT2D eigenvalue weighted by Gasteiger charge is 2.44. The summed E-state index contributed by atoms with van der Waals surface area (Å²) in [6, 6.07) is 15.1. The molecule has 0 fully saturated rings. The van der Waals surface area contributed by atoms with Gasteiger partial charge in [-0.15, -0.1) is 0 Å². The van der Waals surface area contributed by atoms with Gasteiger partial charge in [0.1, 0.15) is 11.5 Å². The molecule has 166 valence electrons. The van der Waals surface area contributed by atoms with Gasteiger partial charge in [0.15, 0.2) is 0 Å². The molecule has 1 aliphatic heterocycles. The number of hydrogen-bond donors (Lipinski definition) is 1. The molecule has 1 N–H and O–H groups in total. The minimum Gasteiger partial charge on any atom is -0.497 e. The van der Waals surface area contributed by atoms with Crippen LogP contribution in [0.5, 0.6) is 5.75 Å². The van der Waals surface area contributed by atoms with Gasteiger partial charge in [0.25, 0.3) is 0 Å². The van der Waals surface area contributed by atoms with Crippen LogP contribution in [0, 0.1) is 5.92 Å². The Kier molecular flexibility index (Phi) is 6.38. The second-order valence-electron chi connectivity index (χ2n) is 8.06. The molecule has 1 heterocycles. The van der Waals surface area contributed by atoms with E-state index >= 15 is 0 Å². The van der Waals surface area contributed by atoms with E-state index in [-0.39, 0.29) is 18.3 Å². The highest BCUT2D eigenvalue weighted by atomic mass is 35.5. The van der Waals surface area contributed by atoms with Crippen molar-refractivity contribution in [1.82, 2.24) is 5.32 Å². The van der Waals surface area contributed by atoms with Gasteiger partial charge in [0, 0.05) is 34.7 Å². The zero-order valence-electron chi connectivity index (χ0n) is 18.4. The molecule has 4 rings (SSSR count). The van der Waals surface area contributed by atoms with E-state index in [4.69, 9.17) is 21.1 Å². The van der Waals surface area contributed by atoms with Crippen molar-refractivity contribution >= 4 is 23.4 Å². The first kappa shape index (κ1) is 22.2. The van der Waals surface area contributed by atoms with Crippen molar-refractivity contribution in [3.05, 3.63) is 87.7 Å². The zero-order chi connectivity index (χ0) is 22.8. The number of rotatable bonds is 5. The van der Waals surface area contributed by atoms with Crippen molar-refractivity contribution in [1.29, 1.82) is 0 Å². The number of nitrogens with one attached hydrogen (secondary N) is 1. The highest BCUT2D eigenvalue weighted by molar-refractivity contribution is 6.30. The molecule has 1 aliphatic carbocycles. The maximum atomic E-state index is 13.5. The molecular weight excluding hydrogens is 426 g/mol. The average molecular weight is 452 g/mol. The molecule has 0 spiro atoms. The van der Waals surface area contributed by atoms with E-state index in [0.717, 1.165) is 22.6 Å². The van der Waals surface area contributed by atoms with Crippen LogP contribution >= 0.6 is 11.6 Å². The Morgan fingerprint density at radius 2 is 1.72 bits per heavy atom. The molecule has 0 bridgehead atoms. The summed E-state index contributed by atoms with van der Waals surface area (Å²) >= 11 is 6.04. The average Bonchev–Trinajstić information content (AvgIpc) is 2.78. The minimum atomic E-state index is -0.477. The molecule has 3 atom stereocenters. The third-order valence-corrected chi connectivity index (χ3v) is 6.38. The smallest absolute Gasteiger partial charge is 0.336 e. The highest BCUT2D eigenvalue weighted by Crippen LogP contribution is 2.46. The van der Waals surface area contributed by atoms with Crippen LogP contribution in [0.4, 0.5) is 0 Å². The number of methoxy groups -OCH3 is 1. The number of benzene rings is 2. The van der Waals surface area contributed by atoms with Gasteiger partial charge in [0.2, 0.25) is 0 Å². The third kappa shape index (κ3) is 4.17. The Hall–Kier alpha value is -3.05. The standard InChI is InChI=1S/C26H26ClNO4/c1-4-32-26(30)23-15(2)28-21-13-18(16-5-9-19(27)10-6-16)14-22(29)25(21)24(23)17-7-11-20(31-3)12-8-17/h5-13,18,24-25,28H,4,14H2,1-3H3. The van der Waals surface area contributed by atoms with E-state index in [2.05, 4.69) is 11.4 Å². The summed E-state index contributed by atoms with van der Waals surface area (Å²) in [6.45, 7) is 3.90. The second kappa shape index (κ2) is 9.21.